The molecule has 0 bridgehead atoms. The Morgan fingerprint density at radius 1 is 1.08 bits per heavy atom. The second-order valence-corrected chi connectivity index (χ2v) is 16.3. The summed E-state index contributed by atoms with van der Waals surface area (Å²) in [5, 5.41) is 0.791. The average Bonchev–Trinajstić information content (AvgIpc) is 3.27. The number of benzene rings is 1. The number of nitrogens with zero attached hydrogens (tertiary/aromatic N) is 5. The van der Waals surface area contributed by atoms with Gasteiger partial charge in [-0.3, -0.25) is 9.55 Å². The van der Waals surface area contributed by atoms with Crippen molar-refractivity contribution in [2.24, 2.45) is 0 Å². The van der Waals surface area contributed by atoms with Gasteiger partial charge in [-0.25, -0.2) is 27.3 Å². The number of thioether (sulfide) groups is 1. The van der Waals surface area contributed by atoms with E-state index >= 15 is 0 Å². The van der Waals surface area contributed by atoms with Gasteiger partial charge in [0.1, 0.15) is 0 Å². The number of hydrogen-bond acceptors (Lipinski definition) is 6. The molecule has 0 atom stereocenters. The molecular weight excluding hydrogens is 547 g/mol. The summed E-state index contributed by atoms with van der Waals surface area (Å²) in [4.78, 5) is 35.1. The predicted octanol–water partition coefficient (Wildman–Crippen LogP) is 4.95. The van der Waals surface area contributed by atoms with E-state index in [0.717, 1.165) is 33.0 Å². The van der Waals surface area contributed by atoms with E-state index in [1.165, 1.54) is 6.20 Å². The van der Waals surface area contributed by atoms with Crippen molar-refractivity contribution < 1.29 is 17.6 Å². The monoisotopic (exact) mass is 577 g/mol. The second-order valence-electron chi connectivity index (χ2n) is 10.7. The van der Waals surface area contributed by atoms with Gasteiger partial charge in [0.05, 0.1) is 30.6 Å². The molecule has 4 rings (SSSR count). The molecule has 39 heavy (non-hydrogen) atoms. The van der Waals surface area contributed by atoms with E-state index in [-0.39, 0.29) is 28.0 Å². The van der Waals surface area contributed by atoms with Crippen LogP contribution in [0.15, 0.2) is 51.5 Å². The van der Waals surface area contributed by atoms with Gasteiger partial charge < -0.3 is 8.99 Å². The largest absolute Gasteiger partial charge is 0.415 e. The molecule has 0 unspecified atom stereocenters. The van der Waals surface area contributed by atoms with Crippen LogP contribution in [0.4, 0.5) is 13.2 Å². The molecule has 3 aromatic heterocycles. The molecule has 13 heteroatoms. The maximum Gasteiger partial charge on any atom is 0.358 e. The van der Waals surface area contributed by atoms with Crippen LogP contribution in [0.25, 0.3) is 16.6 Å². The van der Waals surface area contributed by atoms with Gasteiger partial charge in [0, 0.05) is 24.3 Å². The number of aromatic nitrogens is 5. The van der Waals surface area contributed by atoms with Crippen molar-refractivity contribution in [3.05, 3.63) is 80.8 Å². The summed E-state index contributed by atoms with van der Waals surface area (Å²) in [5.74, 6) is -4.36. The van der Waals surface area contributed by atoms with Crippen molar-refractivity contribution >= 4 is 31.0 Å². The lowest BCUT2D eigenvalue weighted by Gasteiger charge is -2.36. The molecule has 0 saturated carbocycles. The first-order valence-corrected chi connectivity index (χ1v) is 16.4. The summed E-state index contributed by atoms with van der Waals surface area (Å²) >= 11 is 1.03. The fraction of sp³-hybridized carbons (Fsp3) is 0.385. The predicted molar refractivity (Wildman–Crippen MR) is 148 cm³/mol. The summed E-state index contributed by atoms with van der Waals surface area (Å²) in [6.45, 7) is 11.4. The highest BCUT2D eigenvalue weighted by molar-refractivity contribution is 7.98. The quantitative estimate of drug-likeness (QED) is 0.167. The Morgan fingerprint density at radius 2 is 1.74 bits per heavy atom. The number of fused-ring (bicyclic) bond motifs is 1. The third kappa shape index (κ3) is 5.61. The average molecular weight is 578 g/mol. The van der Waals surface area contributed by atoms with E-state index in [0.29, 0.717) is 24.1 Å². The zero-order valence-corrected chi connectivity index (χ0v) is 24.4. The highest BCUT2D eigenvalue weighted by Gasteiger charge is 2.37. The zero-order chi connectivity index (χ0) is 28.7. The molecule has 208 valence electrons. The third-order valence-electron chi connectivity index (χ3n) is 7.09. The number of halogens is 3. The molecule has 0 aliphatic heterocycles. The number of hydrogen-bond donors (Lipinski definition) is 0. The van der Waals surface area contributed by atoms with Crippen LogP contribution in [0.1, 0.15) is 26.3 Å². The van der Waals surface area contributed by atoms with Crippen molar-refractivity contribution in [2.45, 2.75) is 57.1 Å². The molecule has 8 nitrogen and oxygen atoms in total. The number of rotatable bonds is 8. The Bertz CT molecular complexity index is 1640. The summed E-state index contributed by atoms with van der Waals surface area (Å²) in [5.41, 5.74) is -0.795. The van der Waals surface area contributed by atoms with Crippen LogP contribution in [0.2, 0.25) is 18.1 Å². The van der Waals surface area contributed by atoms with Crippen LogP contribution in [-0.2, 0) is 17.5 Å². The highest BCUT2D eigenvalue weighted by atomic mass is 32.2. The first-order chi connectivity index (χ1) is 18.2. The molecule has 0 spiro atoms. The summed E-state index contributed by atoms with van der Waals surface area (Å²) < 4.78 is 51.4. The van der Waals surface area contributed by atoms with Crippen molar-refractivity contribution in [3.63, 3.8) is 0 Å². The fourth-order valence-electron chi connectivity index (χ4n) is 3.96. The first kappa shape index (κ1) is 28.8. The Balaban J connectivity index is 1.80. The van der Waals surface area contributed by atoms with Gasteiger partial charge in [0.2, 0.25) is 0 Å². The molecule has 0 radical (unpaired) electrons. The Kier molecular flexibility index (Phi) is 7.97. The standard InChI is InChI=1S/C26H30F3N5O3SSi/c1-26(2,3)39(5,6)37-10-9-32-8-7-17-13-30-14-20(22(17)32)34-23(35)31-24(38-4)33(25(34)36)15-16-11-18(27)21(29)19(28)12-16/h7-8,11-14H,9-10,15H2,1-6H3. The van der Waals surface area contributed by atoms with Gasteiger partial charge in [-0.05, 0) is 48.2 Å². The Hall–Kier alpha value is -3.16. The molecule has 0 aliphatic rings. The van der Waals surface area contributed by atoms with Gasteiger partial charge in [0.25, 0.3) is 0 Å². The van der Waals surface area contributed by atoms with E-state index in [9.17, 15) is 22.8 Å². The normalized spacial score (nSPS) is 12.4. The summed E-state index contributed by atoms with van der Waals surface area (Å²) in [6.07, 6.45) is 6.48. The minimum absolute atomic E-state index is 0.00159. The van der Waals surface area contributed by atoms with E-state index in [2.05, 4.69) is 43.8 Å². The molecule has 0 aliphatic carbocycles. The van der Waals surface area contributed by atoms with Crippen LogP contribution in [0.3, 0.4) is 0 Å². The summed E-state index contributed by atoms with van der Waals surface area (Å²) in [7, 11) is -1.99. The lowest BCUT2D eigenvalue weighted by Crippen LogP contribution is -2.42. The lowest BCUT2D eigenvalue weighted by molar-refractivity contribution is 0.273. The topological polar surface area (TPSA) is 83.9 Å². The molecule has 0 saturated heterocycles. The van der Waals surface area contributed by atoms with Crippen LogP contribution < -0.4 is 11.4 Å². The molecule has 4 aromatic rings. The fourth-order valence-corrected chi connectivity index (χ4v) is 5.53. The summed E-state index contributed by atoms with van der Waals surface area (Å²) in [6, 6.07) is 3.44. The number of pyridine rings is 1. The van der Waals surface area contributed by atoms with Crippen LogP contribution in [0.5, 0.6) is 0 Å². The highest BCUT2D eigenvalue weighted by Crippen LogP contribution is 2.36. The molecule has 0 fully saturated rings. The van der Waals surface area contributed by atoms with Crippen LogP contribution in [-0.4, -0.2) is 44.8 Å². The third-order valence-corrected chi connectivity index (χ3v) is 12.3. The van der Waals surface area contributed by atoms with Crippen LogP contribution in [0, 0.1) is 17.5 Å². The van der Waals surface area contributed by atoms with Crippen molar-refractivity contribution in [2.75, 3.05) is 12.9 Å². The Labute approximate surface area is 228 Å². The van der Waals surface area contributed by atoms with E-state index in [4.69, 9.17) is 4.43 Å². The van der Waals surface area contributed by atoms with Gasteiger partial charge in [-0.15, -0.1) is 0 Å². The second kappa shape index (κ2) is 10.8. The van der Waals surface area contributed by atoms with E-state index < -0.39 is 37.1 Å². The van der Waals surface area contributed by atoms with Crippen molar-refractivity contribution in [3.8, 4) is 5.69 Å². The smallest absolute Gasteiger partial charge is 0.358 e. The van der Waals surface area contributed by atoms with E-state index in [1.807, 2.05) is 16.8 Å². The van der Waals surface area contributed by atoms with Gasteiger partial charge >= 0.3 is 11.4 Å². The molecule has 3 heterocycles. The molecule has 0 amide bonds. The van der Waals surface area contributed by atoms with Crippen LogP contribution >= 0.6 is 11.8 Å². The molecular formula is C26H30F3N5O3SSi. The SMILES string of the molecule is CSc1nc(=O)n(-c2cncc3ccn(CCO[Si](C)(C)C(C)(C)C)c23)c(=O)n1Cc1cc(F)c(F)c(F)c1. The van der Waals surface area contributed by atoms with E-state index in [1.54, 1.807) is 12.5 Å². The van der Waals surface area contributed by atoms with Gasteiger partial charge in [-0.2, -0.15) is 4.98 Å². The zero-order valence-electron chi connectivity index (χ0n) is 22.6. The minimum Gasteiger partial charge on any atom is -0.415 e. The first-order valence-electron chi connectivity index (χ1n) is 12.2. The maximum absolute atomic E-state index is 13.9. The maximum atomic E-state index is 13.9. The minimum atomic E-state index is -1.99. The Morgan fingerprint density at radius 3 is 2.36 bits per heavy atom. The molecule has 0 N–H and O–H groups in total. The van der Waals surface area contributed by atoms with Crippen molar-refractivity contribution in [1.29, 1.82) is 0 Å². The van der Waals surface area contributed by atoms with Gasteiger partial charge in [-0.1, -0.05) is 32.5 Å². The van der Waals surface area contributed by atoms with Gasteiger partial charge in [0.15, 0.2) is 30.9 Å². The van der Waals surface area contributed by atoms with Crippen molar-refractivity contribution in [1.82, 2.24) is 23.7 Å². The lowest BCUT2D eigenvalue weighted by atomic mass is 10.2. The molecule has 1 aromatic carbocycles.